The maximum atomic E-state index is 13.4. The van der Waals surface area contributed by atoms with Crippen LogP contribution in [-0.2, 0) is 11.2 Å². The van der Waals surface area contributed by atoms with Crippen molar-refractivity contribution in [2.24, 2.45) is 4.99 Å². The first kappa shape index (κ1) is 17.8. The van der Waals surface area contributed by atoms with Crippen LogP contribution in [0.1, 0.15) is 36.0 Å². The van der Waals surface area contributed by atoms with Crippen LogP contribution in [0.3, 0.4) is 0 Å². The van der Waals surface area contributed by atoms with Crippen LogP contribution in [0.15, 0.2) is 53.5 Å². The molecule has 0 saturated carbocycles. The summed E-state index contributed by atoms with van der Waals surface area (Å²) < 4.78 is 0. The lowest BCUT2D eigenvalue weighted by atomic mass is 10.1. The fourth-order valence-electron chi connectivity index (χ4n) is 4.07. The van der Waals surface area contributed by atoms with Gasteiger partial charge in [-0.25, -0.2) is 9.89 Å². The summed E-state index contributed by atoms with van der Waals surface area (Å²) in [5.41, 5.74) is 4.44. The highest BCUT2D eigenvalue weighted by molar-refractivity contribution is 6.22. The molecule has 0 N–H and O–H groups in total. The van der Waals surface area contributed by atoms with E-state index in [0.29, 0.717) is 6.42 Å². The topological polar surface area (TPSA) is 35.9 Å². The van der Waals surface area contributed by atoms with E-state index in [4.69, 9.17) is 4.99 Å². The number of amides is 1. The number of aryl methyl sites for hydroxylation is 2. The normalized spacial score (nSPS) is 20.1. The second-order valence-corrected chi connectivity index (χ2v) is 7.65. The van der Waals surface area contributed by atoms with Crippen molar-refractivity contribution in [1.82, 2.24) is 4.90 Å². The fourth-order valence-corrected chi connectivity index (χ4v) is 4.07. The van der Waals surface area contributed by atoms with E-state index in [2.05, 4.69) is 49.1 Å². The molecule has 4 heteroatoms. The molecule has 0 radical (unpaired) electrons. The van der Waals surface area contributed by atoms with Crippen LogP contribution >= 0.6 is 0 Å². The van der Waals surface area contributed by atoms with Crippen LogP contribution < -0.4 is 4.90 Å². The molecule has 4 rings (SSSR count). The highest BCUT2D eigenvalue weighted by Gasteiger charge is 2.39. The van der Waals surface area contributed by atoms with Crippen molar-refractivity contribution < 1.29 is 4.79 Å². The van der Waals surface area contributed by atoms with E-state index in [9.17, 15) is 4.79 Å². The summed E-state index contributed by atoms with van der Waals surface area (Å²) >= 11 is 0. The predicted molar refractivity (Wildman–Crippen MR) is 110 cm³/mol. The van der Waals surface area contributed by atoms with Gasteiger partial charge in [-0.2, -0.15) is 0 Å². The molecule has 140 valence electrons. The minimum atomic E-state index is -0.343. The number of carbonyl (C=O) groups excluding carboxylic acids is 1. The summed E-state index contributed by atoms with van der Waals surface area (Å²) in [7, 11) is 0. The van der Waals surface area contributed by atoms with Crippen LogP contribution in [0.4, 0.5) is 5.69 Å². The maximum absolute atomic E-state index is 13.4. The Labute approximate surface area is 161 Å². The number of aliphatic imine (C=N–C) groups is 1. The van der Waals surface area contributed by atoms with E-state index in [0.717, 1.165) is 48.7 Å². The van der Waals surface area contributed by atoms with Crippen LogP contribution in [0, 0.1) is 13.8 Å². The quantitative estimate of drug-likeness (QED) is 0.825. The Kier molecular flexibility index (Phi) is 4.97. The summed E-state index contributed by atoms with van der Waals surface area (Å²) in [4.78, 5) is 22.5. The Morgan fingerprint density at radius 2 is 1.74 bits per heavy atom. The second-order valence-electron chi connectivity index (χ2n) is 7.65. The molecule has 2 aliphatic rings. The van der Waals surface area contributed by atoms with Gasteiger partial charge >= 0.3 is 0 Å². The first-order valence-electron chi connectivity index (χ1n) is 9.91. The number of guanidine groups is 1. The zero-order valence-corrected chi connectivity index (χ0v) is 16.2. The summed E-state index contributed by atoms with van der Waals surface area (Å²) in [6, 6.07) is 16.1. The molecular weight excluding hydrogens is 334 g/mol. The average Bonchev–Trinajstić information content (AvgIpc) is 3.00. The molecule has 1 saturated heterocycles. The zero-order chi connectivity index (χ0) is 18.8. The number of benzene rings is 2. The average molecular weight is 361 g/mol. The number of likely N-dealkylation sites (tertiary alicyclic amines) is 1. The van der Waals surface area contributed by atoms with Gasteiger partial charge in [-0.3, -0.25) is 4.79 Å². The van der Waals surface area contributed by atoms with E-state index < -0.39 is 0 Å². The largest absolute Gasteiger partial charge is 0.342 e. The number of nitrogens with zero attached hydrogens (tertiary/aromatic N) is 3. The van der Waals surface area contributed by atoms with Gasteiger partial charge in [0.25, 0.3) is 5.91 Å². The lowest BCUT2D eigenvalue weighted by Crippen LogP contribution is -2.47. The van der Waals surface area contributed by atoms with Crippen molar-refractivity contribution in [3.8, 4) is 0 Å². The second kappa shape index (κ2) is 7.55. The number of carbonyl (C=O) groups is 1. The molecule has 1 atom stereocenters. The smallest absolute Gasteiger partial charge is 0.259 e. The minimum Gasteiger partial charge on any atom is -0.342 e. The Morgan fingerprint density at radius 3 is 2.44 bits per heavy atom. The molecule has 0 aliphatic carbocycles. The van der Waals surface area contributed by atoms with Gasteiger partial charge in [0.05, 0.1) is 5.69 Å². The van der Waals surface area contributed by atoms with Crippen molar-refractivity contribution in [3.05, 3.63) is 65.2 Å². The minimum absolute atomic E-state index is 0.0892. The number of piperidine rings is 1. The third-order valence-electron chi connectivity index (χ3n) is 5.48. The molecule has 2 heterocycles. The van der Waals surface area contributed by atoms with E-state index in [1.54, 1.807) is 0 Å². The van der Waals surface area contributed by atoms with Crippen LogP contribution in [0.2, 0.25) is 0 Å². The Bertz CT molecular complexity index is 853. The van der Waals surface area contributed by atoms with Crippen molar-refractivity contribution in [2.75, 3.05) is 18.0 Å². The van der Waals surface area contributed by atoms with Crippen molar-refractivity contribution >= 4 is 17.6 Å². The number of rotatable bonds is 3. The summed E-state index contributed by atoms with van der Waals surface area (Å²) in [6.45, 7) is 6.12. The summed E-state index contributed by atoms with van der Waals surface area (Å²) in [5, 5.41) is 0. The number of hydrogen-bond acceptors (Lipinski definition) is 3. The fraction of sp³-hybridized carbons (Fsp3) is 0.391. The van der Waals surface area contributed by atoms with Crippen molar-refractivity contribution in [1.29, 1.82) is 0 Å². The summed E-state index contributed by atoms with van der Waals surface area (Å²) in [5.74, 6) is 0.930. The first-order valence-corrected chi connectivity index (χ1v) is 9.91. The van der Waals surface area contributed by atoms with Crippen LogP contribution in [0.5, 0.6) is 0 Å². The molecule has 1 amide bonds. The molecule has 2 aromatic carbocycles. The highest BCUT2D eigenvalue weighted by Crippen LogP contribution is 2.29. The van der Waals surface area contributed by atoms with Gasteiger partial charge in [0.2, 0.25) is 5.96 Å². The van der Waals surface area contributed by atoms with E-state index in [1.807, 2.05) is 23.1 Å². The van der Waals surface area contributed by atoms with Crippen molar-refractivity contribution in [3.63, 3.8) is 0 Å². The van der Waals surface area contributed by atoms with Gasteiger partial charge in [-0.1, -0.05) is 48.0 Å². The molecule has 0 spiro atoms. The Hall–Kier alpha value is -2.62. The zero-order valence-electron chi connectivity index (χ0n) is 16.2. The number of anilines is 1. The molecule has 27 heavy (non-hydrogen) atoms. The lowest BCUT2D eigenvalue weighted by Gasteiger charge is -2.33. The van der Waals surface area contributed by atoms with Gasteiger partial charge < -0.3 is 4.90 Å². The highest BCUT2D eigenvalue weighted by atomic mass is 16.2. The van der Waals surface area contributed by atoms with Gasteiger partial charge in [-0.05, 0) is 50.3 Å². The third kappa shape index (κ3) is 3.61. The molecular formula is C23H27N3O. The van der Waals surface area contributed by atoms with Crippen LogP contribution in [-0.4, -0.2) is 35.9 Å². The number of hydrogen-bond donors (Lipinski definition) is 0. The monoisotopic (exact) mass is 361 g/mol. The van der Waals surface area contributed by atoms with Crippen LogP contribution in [0.25, 0.3) is 0 Å². The van der Waals surface area contributed by atoms with Gasteiger partial charge in [0.1, 0.15) is 6.04 Å². The molecule has 2 aliphatic heterocycles. The van der Waals surface area contributed by atoms with Gasteiger partial charge in [0, 0.05) is 19.5 Å². The third-order valence-corrected chi connectivity index (χ3v) is 5.48. The molecule has 0 bridgehead atoms. The Balaban J connectivity index is 1.69. The molecule has 1 fully saturated rings. The van der Waals surface area contributed by atoms with E-state index >= 15 is 0 Å². The summed E-state index contributed by atoms with van der Waals surface area (Å²) in [6.07, 6.45) is 4.24. The molecule has 4 nitrogen and oxygen atoms in total. The first-order chi connectivity index (χ1) is 13.1. The molecule has 0 aromatic heterocycles. The van der Waals surface area contributed by atoms with E-state index in [-0.39, 0.29) is 11.9 Å². The van der Waals surface area contributed by atoms with Gasteiger partial charge in [-0.15, -0.1) is 0 Å². The maximum Gasteiger partial charge on any atom is 0.259 e. The SMILES string of the molecule is Cc1ccc(N2C(=O)C(Cc3ccccc3)N=C2N2CCCCC2)c(C)c1. The predicted octanol–water partition coefficient (Wildman–Crippen LogP) is 4.10. The van der Waals surface area contributed by atoms with Crippen molar-refractivity contribution in [2.45, 2.75) is 45.6 Å². The molecule has 2 aromatic rings. The van der Waals surface area contributed by atoms with E-state index in [1.165, 1.54) is 12.0 Å². The standard InChI is InChI=1S/C23H27N3O/c1-17-11-12-21(18(2)15-17)26-22(27)20(16-19-9-5-3-6-10-19)24-23(26)25-13-7-4-8-14-25/h3,5-6,9-12,15,20H,4,7-8,13-14,16H2,1-2H3. The lowest BCUT2D eigenvalue weighted by molar-refractivity contribution is -0.118. The van der Waals surface area contributed by atoms with Gasteiger partial charge in [0.15, 0.2) is 0 Å². The Morgan fingerprint density at radius 1 is 1.00 bits per heavy atom. The molecule has 1 unspecified atom stereocenters.